The maximum Gasteiger partial charge on any atom is 0.318 e. The molecule has 2 amide bonds. The summed E-state index contributed by atoms with van der Waals surface area (Å²) in [5, 5.41) is 3.16. The Balaban J connectivity index is 1.58. The van der Waals surface area contributed by atoms with Crippen molar-refractivity contribution in [2.75, 3.05) is 40.4 Å². The minimum absolute atomic E-state index is 0.00181. The van der Waals surface area contributed by atoms with Crippen LogP contribution in [0.2, 0.25) is 0 Å². The quantitative estimate of drug-likeness (QED) is 0.876. The van der Waals surface area contributed by atoms with Crippen LogP contribution in [0.5, 0.6) is 11.5 Å². The van der Waals surface area contributed by atoms with Crippen molar-refractivity contribution in [2.24, 2.45) is 0 Å². The smallest absolute Gasteiger partial charge is 0.318 e. The Morgan fingerprint density at radius 2 is 1.73 bits per heavy atom. The van der Waals surface area contributed by atoms with Crippen molar-refractivity contribution in [3.63, 3.8) is 0 Å². The van der Waals surface area contributed by atoms with Crippen molar-refractivity contribution >= 4 is 6.03 Å². The maximum atomic E-state index is 12.7. The molecule has 2 fully saturated rings. The fourth-order valence-electron chi connectivity index (χ4n) is 3.78. The number of carbonyl (C=O) groups is 1. The number of urea groups is 1. The van der Waals surface area contributed by atoms with E-state index in [1.54, 1.807) is 14.2 Å². The third-order valence-corrected chi connectivity index (χ3v) is 5.58. The Morgan fingerprint density at radius 3 is 2.35 bits per heavy atom. The molecule has 6 nitrogen and oxygen atoms in total. The first-order valence-corrected chi connectivity index (χ1v) is 9.48. The van der Waals surface area contributed by atoms with E-state index in [0.717, 1.165) is 18.7 Å². The van der Waals surface area contributed by atoms with Gasteiger partial charge in [0, 0.05) is 19.1 Å². The van der Waals surface area contributed by atoms with Crippen LogP contribution in [0.15, 0.2) is 18.2 Å². The van der Waals surface area contributed by atoms with Crippen LogP contribution in [0.3, 0.4) is 0 Å². The summed E-state index contributed by atoms with van der Waals surface area (Å²) in [5.41, 5.74) is 0.490. The van der Waals surface area contributed by atoms with Crippen molar-refractivity contribution in [1.82, 2.24) is 15.1 Å². The summed E-state index contributed by atoms with van der Waals surface area (Å²) in [7, 11) is 3.24. The molecule has 6 heteroatoms. The van der Waals surface area contributed by atoms with Gasteiger partial charge in [0.05, 0.1) is 19.8 Å². The lowest BCUT2D eigenvalue weighted by molar-refractivity contribution is 0.0428. The number of hydrogen-bond donors (Lipinski definition) is 1. The zero-order valence-electron chi connectivity index (χ0n) is 16.4. The predicted molar refractivity (Wildman–Crippen MR) is 102 cm³/mol. The number of likely N-dealkylation sites (tertiary alicyclic amines) is 2. The van der Waals surface area contributed by atoms with E-state index in [0.29, 0.717) is 17.5 Å². The van der Waals surface area contributed by atoms with Crippen LogP contribution in [0.1, 0.15) is 38.7 Å². The molecule has 1 aromatic rings. The van der Waals surface area contributed by atoms with E-state index in [-0.39, 0.29) is 6.03 Å². The molecule has 2 heterocycles. The molecule has 2 aliphatic rings. The summed E-state index contributed by atoms with van der Waals surface area (Å²) in [4.78, 5) is 17.1. The number of nitrogens with zero attached hydrogens (tertiary/aromatic N) is 2. The second-order valence-electron chi connectivity index (χ2n) is 7.78. The number of piperidine rings is 1. The molecule has 0 atom stereocenters. The Kier molecular flexibility index (Phi) is 5.61. The van der Waals surface area contributed by atoms with Crippen molar-refractivity contribution in [3.8, 4) is 11.5 Å². The fraction of sp³-hybridized carbons (Fsp3) is 0.650. The largest absolute Gasteiger partial charge is 0.493 e. The third kappa shape index (κ3) is 3.90. The van der Waals surface area contributed by atoms with Crippen LogP contribution in [0.25, 0.3) is 0 Å². The van der Waals surface area contributed by atoms with Crippen LogP contribution in [-0.2, 0) is 5.54 Å². The van der Waals surface area contributed by atoms with E-state index in [4.69, 9.17) is 9.47 Å². The van der Waals surface area contributed by atoms with Gasteiger partial charge in [0.15, 0.2) is 11.5 Å². The molecular formula is C20H31N3O3. The minimum atomic E-state index is -0.493. The van der Waals surface area contributed by atoms with Crippen LogP contribution in [0.4, 0.5) is 4.79 Å². The zero-order valence-corrected chi connectivity index (χ0v) is 16.4. The van der Waals surface area contributed by atoms with Gasteiger partial charge in [-0.2, -0.15) is 0 Å². The molecule has 2 saturated heterocycles. The average Bonchev–Trinajstić information content (AvgIpc) is 2.60. The summed E-state index contributed by atoms with van der Waals surface area (Å²) < 4.78 is 10.7. The Labute approximate surface area is 156 Å². The first kappa shape index (κ1) is 18.8. The highest BCUT2D eigenvalue weighted by Gasteiger charge is 2.37. The lowest BCUT2D eigenvalue weighted by atomic mass is 9.93. The topological polar surface area (TPSA) is 54.0 Å². The molecule has 26 heavy (non-hydrogen) atoms. The molecule has 0 saturated carbocycles. The second-order valence-corrected chi connectivity index (χ2v) is 7.78. The highest BCUT2D eigenvalue weighted by atomic mass is 16.5. The molecule has 3 rings (SSSR count). The second kappa shape index (κ2) is 7.74. The van der Waals surface area contributed by atoms with E-state index in [9.17, 15) is 4.79 Å². The molecular weight excluding hydrogens is 330 g/mol. The summed E-state index contributed by atoms with van der Waals surface area (Å²) in [5.74, 6) is 1.35. The van der Waals surface area contributed by atoms with E-state index < -0.39 is 5.54 Å². The number of ether oxygens (including phenoxy) is 2. The van der Waals surface area contributed by atoms with Gasteiger partial charge in [-0.15, -0.1) is 0 Å². The Bertz CT molecular complexity index is 635. The third-order valence-electron chi connectivity index (χ3n) is 5.58. The monoisotopic (exact) mass is 361 g/mol. The molecule has 0 aliphatic carbocycles. The van der Waals surface area contributed by atoms with Gasteiger partial charge in [-0.05, 0) is 57.5 Å². The normalized spacial score (nSPS) is 19.0. The van der Waals surface area contributed by atoms with E-state index in [2.05, 4.69) is 10.2 Å². The number of benzene rings is 1. The molecule has 0 unspecified atom stereocenters. The first-order chi connectivity index (χ1) is 12.4. The summed E-state index contributed by atoms with van der Waals surface area (Å²) >= 11 is 0. The molecule has 0 spiro atoms. The van der Waals surface area contributed by atoms with Gasteiger partial charge in [0.2, 0.25) is 0 Å². The number of rotatable bonds is 5. The summed E-state index contributed by atoms with van der Waals surface area (Å²) in [6.07, 6.45) is 3.91. The van der Waals surface area contributed by atoms with Crippen LogP contribution >= 0.6 is 0 Å². The van der Waals surface area contributed by atoms with Gasteiger partial charge < -0.3 is 19.7 Å². The van der Waals surface area contributed by atoms with Gasteiger partial charge in [-0.1, -0.05) is 12.5 Å². The maximum absolute atomic E-state index is 12.7. The fourth-order valence-corrected chi connectivity index (χ4v) is 3.78. The molecule has 144 valence electrons. The highest BCUT2D eigenvalue weighted by Crippen LogP contribution is 2.32. The van der Waals surface area contributed by atoms with E-state index in [1.165, 1.54) is 32.4 Å². The van der Waals surface area contributed by atoms with Crippen molar-refractivity contribution in [2.45, 2.75) is 44.7 Å². The molecule has 0 bridgehead atoms. The number of amides is 2. The van der Waals surface area contributed by atoms with E-state index >= 15 is 0 Å². The summed E-state index contributed by atoms with van der Waals surface area (Å²) in [6, 6.07) is 6.29. The lowest BCUT2D eigenvalue weighted by Crippen LogP contribution is -2.64. The number of nitrogens with one attached hydrogen (secondary N) is 1. The van der Waals surface area contributed by atoms with Gasteiger partial charge in [-0.3, -0.25) is 4.90 Å². The minimum Gasteiger partial charge on any atom is -0.493 e. The van der Waals surface area contributed by atoms with Crippen LogP contribution < -0.4 is 14.8 Å². The SMILES string of the molecule is COc1ccc(C(C)(C)NC(=O)N2CC(N3CCCCC3)C2)cc1OC. The molecule has 0 radical (unpaired) electrons. The number of methoxy groups -OCH3 is 2. The highest BCUT2D eigenvalue weighted by molar-refractivity contribution is 5.76. The van der Waals surface area contributed by atoms with E-state index in [1.807, 2.05) is 36.9 Å². The summed E-state index contributed by atoms with van der Waals surface area (Å²) in [6.45, 7) is 8.03. The predicted octanol–water partition coefficient (Wildman–Crippen LogP) is 2.82. The number of carbonyl (C=O) groups excluding carboxylic acids is 1. The van der Waals surface area contributed by atoms with Crippen molar-refractivity contribution in [1.29, 1.82) is 0 Å². The lowest BCUT2D eigenvalue weighted by Gasteiger charge is -2.47. The number of hydrogen-bond acceptors (Lipinski definition) is 4. The Hall–Kier alpha value is -1.95. The van der Waals surface area contributed by atoms with Gasteiger partial charge in [0.1, 0.15) is 0 Å². The Morgan fingerprint density at radius 1 is 1.08 bits per heavy atom. The molecule has 1 N–H and O–H groups in total. The molecule has 0 aromatic heterocycles. The van der Waals surface area contributed by atoms with Crippen LogP contribution in [-0.4, -0.2) is 62.3 Å². The van der Waals surface area contributed by atoms with Gasteiger partial charge >= 0.3 is 6.03 Å². The average molecular weight is 361 g/mol. The van der Waals surface area contributed by atoms with Gasteiger partial charge in [-0.25, -0.2) is 4.79 Å². The zero-order chi connectivity index (χ0) is 18.7. The molecule has 2 aliphatic heterocycles. The van der Waals surface area contributed by atoms with Crippen LogP contribution in [0, 0.1) is 0 Å². The van der Waals surface area contributed by atoms with Crippen molar-refractivity contribution in [3.05, 3.63) is 23.8 Å². The molecule has 1 aromatic carbocycles. The first-order valence-electron chi connectivity index (χ1n) is 9.48. The van der Waals surface area contributed by atoms with Gasteiger partial charge in [0.25, 0.3) is 0 Å². The van der Waals surface area contributed by atoms with Crippen molar-refractivity contribution < 1.29 is 14.3 Å². The standard InChI is InChI=1S/C20H31N3O3/c1-20(2,15-8-9-17(25-3)18(12-15)26-4)21-19(24)23-13-16(14-23)22-10-6-5-7-11-22/h8-9,12,16H,5-7,10-11,13-14H2,1-4H3,(H,21,24).